The fraction of sp³-hybridized carbons (Fsp3) is 0.571. The Morgan fingerprint density at radius 3 is 2.15 bits per heavy atom. The molecule has 0 aromatic rings. The smallest absolute Gasteiger partial charge is 0.326 e. The van der Waals surface area contributed by atoms with Crippen molar-refractivity contribution in [3.8, 4) is 0 Å². The fourth-order valence-electron chi connectivity index (χ4n) is 0.671. The van der Waals surface area contributed by atoms with Crippen molar-refractivity contribution in [1.82, 2.24) is 5.32 Å². The first kappa shape index (κ1) is 11.4. The van der Waals surface area contributed by atoms with Crippen molar-refractivity contribution in [2.45, 2.75) is 25.8 Å². The number of aliphatic carboxylic acids is 2. The molecule has 6 nitrogen and oxygen atoms in total. The second kappa shape index (κ2) is 5.13. The third-order valence-corrected chi connectivity index (χ3v) is 1.33. The molecule has 0 aromatic carbocycles. The highest BCUT2D eigenvalue weighted by Crippen LogP contribution is 1.93. The van der Waals surface area contributed by atoms with E-state index in [4.69, 9.17) is 10.2 Å². The van der Waals surface area contributed by atoms with Crippen LogP contribution in [0.2, 0.25) is 0 Å². The van der Waals surface area contributed by atoms with E-state index in [1.807, 2.05) is 0 Å². The molecule has 6 heteroatoms. The highest BCUT2D eigenvalue weighted by Gasteiger charge is 2.21. The topological polar surface area (TPSA) is 104 Å². The van der Waals surface area contributed by atoms with Crippen LogP contribution in [0, 0.1) is 0 Å². The predicted molar refractivity (Wildman–Crippen MR) is 42.1 cm³/mol. The van der Waals surface area contributed by atoms with Crippen LogP contribution in [0.1, 0.15) is 19.8 Å². The predicted octanol–water partition coefficient (Wildman–Crippen LogP) is -0.559. The lowest BCUT2D eigenvalue weighted by molar-refractivity contribution is -0.147. The molecule has 0 aliphatic rings. The number of carboxylic acid groups (broad SMARTS) is 2. The quantitative estimate of drug-likeness (QED) is 0.537. The molecule has 0 saturated carbocycles. The monoisotopic (exact) mass is 189 g/mol. The van der Waals surface area contributed by atoms with Gasteiger partial charge in [0.1, 0.15) is 6.04 Å². The van der Waals surface area contributed by atoms with Gasteiger partial charge < -0.3 is 15.5 Å². The summed E-state index contributed by atoms with van der Waals surface area (Å²) in [4.78, 5) is 31.3. The van der Waals surface area contributed by atoms with Crippen molar-refractivity contribution in [1.29, 1.82) is 0 Å². The van der Waals surface area contributed by atoms with E-state index in [0.29, 0.717) is 0 Å². The van der Waals surface area contributed by atoms with Gasteiger partial charge in [-0.3, -0.25) is 9.59 Å². The van der Waals surface area contributed by atoms with Gasteiger partial charge in [0.15, 0.2) is 0 Å². The lowest BCUT2D eigenvalue weighted by Crippen LogP contribution is -2.41. The first-order chi connectivity index (χ1) is 5.97. The Hall–Kier alpha value is -1.59. The zero-order valence-corrected chi connectivity index (χ0v) is 7.11. The minimum absolute atomic E-state index is 0.128. The first-order valence-corrected chi connectivity index (χ1v) is 3.71. The van der Waals surface area contributed by atoms with Crippen LogP contribution in [-0.4, -0.2) is 34.1 Å². The van der Waals surface area contributed by atoms with Gasteiger partial charge in [-0.1, -0.05) is 6.92 Å². The molecule has 0 aromatic heterocycles. The molecule has 74 valence electrons. The molecule has 0 heterocycles. The number of amides is 1. The summed E-state index contributed by atoms with van der Waals surface area (Å²) >= 11 is 0. The van der Waals surface area contributed by atoms with Crippen LogP contribution < -0.4 is 5.32 Å². The van der Waals surface area contributed by atoms with Gasteiger partial charge in [0, 0.05) is 6.42 Å². The minimum atomic E-state index is -1.34. The second-order valence-corrected chi connectivity index (χ2v) is 2.41. The SMILES string of the molecule is CCC(=O)N[C@@H](CC(=O)O)C(=O)O. The molecule has 0 spiro atoms. The summed E-state index contributed by atoms with van der Waals surface area (Å²) in [6.45, 7) is 1.55. The number of hydrogen-bond donors (Lipinski definition) is 3. The largest absolute Gasteiger partial charge is 0.481 e. The van der Waals surface area contributed by atoms with E-state index in [-0.39, 0.29) is 6.42 Å². The number of carbonyl (C=O) groups is 3. The highest BCUT2D eigenvalue weighted by atomic mass is 16.4. The fourth-order valence-corrected chi connectivity index (χ4v) is 0.671. The van der Waals surface area contributed by atoms with Crippen molar-refractivity contribution >= 4 is 17.8 Å². The molecule has 0 saturated heterocycles. The lowest BCUT2D eigenvalue weighted by Gasteiger charge is -2.10. The van der Waals surface area contributed by atoms with Crippen molar-refractivity contribution in [3.05, 3.63) is 0 Å². The van der Waals surface area contributed by atoms with E-state index < -0.39 is 30.3 Å². The molecule has 0 aliphatic carbocycles. The van der Waals surface area contributed by atoms with Crippen molar-refractivity contribution in [2.75, 3.05) is 0 Å². The van der Waals surface area contributed by atoms with Crippen LogP contribution >= 0.6 is 0 Å². The Balaban J connectivity index is 4.18. The number of nitrogens with one attached hydrogen (secondary N) is 1. The number of hydrogen-bond acceptors (Lipinski definition) is 3. The van der Waals surface area contributed by atoms with E-state index in [1.165, 1.54) is 0 Å². The van der Waals surface area contributed by atoms with Crippen LogP contribution in [0.15, 0.2) is 0 Å². The molecule has 0 bridgehead atoms. The summed E-state index contributed by atoms with van der Waals surface area (Å²) in [5, 5.41) is 18.9. The number of rotatable bonds is 5. The van der Waals surface area contributed by atoms with E-state index >= 15 is 0 Å². The maximum atomic E-state index is 10.7. The summed E-state index contributed by atoms with van der Waals surface area (Å²) in [6, 6.07) is -1.34. The van der Waals surface area contributed by atoms with Gasteiger partial charge in [0.25, 0.3) is 0 Å². The van der Waals surface area contributed by atoms with Gasteiger partial charge >= 0.3 is 11.9 Å². The molecule has 0 rings (SSSR count). The molecule has 0 unspecified atom stereocenters. The standard InChI is InChI=1S/C7H11NO5/c1-2-5(9)8-4(7(12)13)3-6(10)11/h4H,2-3H2,1H3,(H,8,9)(H,10,11)(H,12,13)/t4-/m0/s1. The molecular formula is C7H11NO5. The molecule has 0 aliphatic heterocycles. The maximum absolute atomic E-state index is 10.7. The summed E-state index contributed by atoms with van der Waals surface area (Å²) in [7, 11) is 0. The van der Waals surface area contributed by atoms with E-state index in [0.717, 1.165) is 0 Å². The van der Waals surface area contributed by atoms with Crippen molar-refractivity contribution in [3.63, 3.8) is 0 Å². The Morgan fingerprint density at radius 1 is 1.31 bits per heavy atom. The van der Waals surface area contributed by atoms with Crippen LogP contribution in [0.3, 0.4) is 0 Å². The van der Waals surface area contributed by atoms with Crippen molar-refractivity contribution < 1.29 is 24.6 Å². The Kier molecular flexibility index (Phi) is 4.50. The summed E-state index contributed by atoms with van der Waals surface area (Å²) in [6.07, 6.45) is -0.482. The molecule has 3 N–H and O–H groups in total. The van der Waals surface area contributed by atoms with Gasteiger partial charge in [0.05, 0.1) is 6.42 Å². The summed E-state index contributed by atoms with van der Waals surface area (Å²) < 4.78 is 0. The zero-order valence-electron chi connectivity index (χ0n) is 7.11. The number of carboxylic acids is 2. The van der Waals surface area contributed by atoms with Crippen LogP contribution in [-0.2, 0) is 14.4 Å². The third kappa shape index (κ3) is 4.78. The van der Waals surface area contributed by atoms with Gasteiger partial charge in [-0.2, -0.15) is 0 Å². The lowest BCUT2D eigenvalue weighted by atomic mass is 10.2. The van der Waals surface area contributed by atoms with E-state index in [2.05, 4.69) is 5.32 Å². The van der Waals surface area contributed by atoms with Crippen LogP contribution in [0.25, 0.3) is 0 Å². The van der Waals surface area contributed by atoms with Gasteiger partial charge in [0.2, 0.25) is 5.91 Å². The zero-order chi connectivity index (χ0) is 10.4. The maximum Gasteiger partial charge on any atom is 0.326 e. The average Bonchev–Trinajstić information content (AvgIpc) is 2.02. The van der Waals surface area contributed by atoms with Crippen LogP contribution in [0.4, 0.5) is 0 Å². The number of carbonyl (C=O) groups excluding carboxylic acids is 1. The summed E-state index contributed by atoms with van der Waals surface area (Å²) in [5.74, 6) is -3.08. The van der Waals surface area contributed by atoms with E-state index in [1.54, 1.807) is 6.92 Å². The molecular weight excluding hydrogens is 178 g/mol. The normalized spacial score (nSPS) is 11.8. The Morgan fingerprint density at radius 2 is 1.85 bits per heavy atom. The Labute approximate surface area is 74.6 Å². The molecule has 0 fully saturated rings. The second-order valence-electron chi connectivity index (χ2n) is 2.41. The minimum Gasteiger partial charge on any atom is -0.481 e. The average molecular weight is 189 g/mol. The third-order valence-electron chi connectivity index (χ3n) is 1.33. The summed E-state index contributed by atoms with van der Waals surface area (Å²) in [5.41, 5.74) is 0. The molecule has 1 atom stereocenters. The van der Waals surface area contributed by atoms with Crippen LogP contribution in [0.5, 0.6) is 0 Å². The van der Waals surface area contributed by atoms with Gasteiger partial charge in [-0.15, -0.1) is 0 Å². The molecule has 0 radical (unpaired) electrons. The van der Waals surface area contributed by atoms with Crippen molar-refractivity contribution in [2.24, 2.45) is 0 Å². The molecule has 1 amide bonds. The van der Waals surface area contributed by atoms with Gasteiger partial charge in [-0.25, -0.2) is 4.79 Å². The highest BCUT2D eigenvalue weighted by molar-refractivity contribution is 5.86. The molecule has 13 heavy (non-hydrogen) atoms. The van der Waals surface area contributed by atoms with Gasteiger partial charge in [-0.05, 0) is 0 Å². The van der Waals surface area contributed by atoms with E-state index in [9.17, 15) is 14.4 Å². The Bertz CT molecular complexity index is 225. The first-order valence-electron chi connectivity index (χ1n) is 3.71.